The normalized spacial score (nSPS) is 15.6. The van der Waals surface area contributed by atoms with E-state index in [-0.39, 0.29) is 21.8 Å². The van der Waals surface area contributed by atoms with E-state index < -0.39 is 27.7 Å². The fourth-order valence-electron chi connectivity index (χ4n) is 3.46. The lowest BCUT2D eigenvalue weighted by atomic mass is 9.88. The highest BCUT2D eigenvalue weighted by atomic mass is 32.2. The standard InChI is InChI=1S/C21H24N2O6S2/c1-4-31(27,28)14-7-5-6-13(11-14)18(24)22-20-17(19(25)23-21(26)29-3)15-9-8-12(2)10-16(15)30-20/h5-7,11-12H,4,8-10H2,1-3H3,(H,22,24)(H,23,25,26). The van der Waals surface area contributed by atoms with Crippen molar-refractivity contribution in [3.05, 3.63) is 45.8 Å². The van der Waals surface area contributed by atoms with Crippen LogP contribution < -0.4 is 10.6 Å². The van der Waals surface area contributed by atoms with Gasteiger partial charge in [-0.3, -0.25) is 14.9 Å². The van der Waals surface area contributed by atoms with Crippen LogP contribution in [0.2, 0.25) is 0 Å². The molecule has 1 heterocycles. The van der Waals surface area contributed by atoms with Crippen LogP contribution in [0.5, 0.6) is 0 Å². The molecule has 10 heteroatoms. The topological polar surface area (TPSA) is 119 Å². The Hall–Kier alpha value is -2.72. The molecule has 1 aromatic heterocycles. The van der Waals surface area contributed by atoms with Crippen LogP contribution >= 0.6 is 11.3 Å². The lowest BCUT2D eigenvalue weighted by Crippen LogP contribution is -2.31. The number of methoxy groups -OCH3 is 1. The Morgan fingerprint density at radius 3 is 2.65 bits per heavy atom. The van der Waals surface area contributed by atoms with Crippen LogP contribution in [0, 0.1) is 5.92 Å². The summed E-state index contributed by atoms with van der Waals surface area (Å²) in [4.78, 5) is 38.3. The minimum atomic E-state index is -3.47. The molecule has 1 aromatic carbocycles. The first-order valence-corrected chi connectivity index (χ1v) is 12.3. The molecule has 1 aliphatic carbocycles. The summed E-state index contributed by atoms with van der Waals surface area (Å²) in [6, 6.07) is 5.77. The Morgan fingerprint density at radius 2 is 1.97 bits per heavy atom. The molecule has 0 saturated carbocycles. The molecule has 2 N–H and O–H groups in total. The highest BCUT2D eigenvalue weighted by Crippen LogP contribution is 2.40. The number of hydrogen-bond donors (Lipinski definition) is 2. The average Bonchev–Trinajstić information content (AvgIpc) is 3.10. The van der Waals surface area contributed by atoms with Gasteiger partial charge < -0.3 is 10.1 Å². The quantitative estimate of drug-likeness (QED) is 0.700. The lowest BCUT2D eigenvalue weighted by Gasteiger charge is -2.18. The molecule has 1 atom stereocenters. The lowest BCUT2D eigenvalue weighted by molar-refractivity contribution is 0.0937. The number of sulfone groups is 1. The first kappa shape index (κ1) is 23.0. The third kappa shape index (κ3) is 4.96. The van der Waals surface area contributed by atoms with Crippen molar-refractivity contribution in [1.29, 1.82) is 0 Å². The van der Waals surface area contributed by atoms with E-state index >= 15 is 0 Å². The molecule has 1 aliphatic rings. The molecule has 3 amide bonds. The van der Waals surface area contributed by atoms with E-state index in [9.17, 15) is 22.8 Å². The van der Waals surface area contributed by atoms with Crippen molar-refractivity contribution in [1.82, 2.24) is 5.32 Å². The average molecular weight is 465 g/mol. The largest absolute Gasteiger partial charge is 0.453 e. The molecule has 1 unspecified atom stereocenters. The number of carbonyl (C=O) groups is 3. The maximum absolute atomic E-state index is 12.9. The summed E-state index contributed by atoms with van der Waals surface area (Å²) in [6.45, 7) is 3.65. The summed E-state index contributed by atoms with van der Waals surface area (Å²) in [7, 11) is -2.31. The number of amides is 3. The zero-order valence-electron chi connectivity index (χ0n) is 17.5. The van der Waals surface area contributed by atoms with E-state index in [4.69, 9.17) is 0 Å². The molecule has 2 aromatic rings. The summed E-state index contributed by atoms with van der Waals surface area (Å²) < 4.78 is 28.8. The molecule has 0 spiro atoms. The van der Waals surface area contributed by atoms with E-state index in [0.717, 1.165) is 30.4 Å². The first-order chi connectivity index (χ1) is 14.7. The van der Waals surface area contributed by atoms with Crippen LogP contribution in [-0.4, -0.2) is 39.2 Å². The molecular weight excluding hydrogens is 440 g/mol. The Morgan fingerprint density at radius 1 is 1.23 bits per heavy atom. The second-order valence-corrected chi connectivity index (χ2v) is 10.8. The Kier molecular flexibility index (Phi) is 6.80. The molecular formula is C21H24N2O6S2. The summed E-state index contributed by atoms with van der Waals surface area (Å²) in [5.41, 5.74) is 1.23. The molecule has 31 heavy (non-hydrogen) atoms. The van der Waals surface area contributed by atoms with Gasteiger partial charge in [0.05, 0.1) is 23.3 Å². The van der Waals surface area contributed by atoms with Crippen molar-refractivity contribution >= 4 is 44.1 Å². The van der Waals surface area contributed by atoms with Crippen molar-refractivity contribution in [3.63, 3.8) is 0 Å². The second kappa shape index (κ2) is 9.19. The molecule has 0 fully saturated rings. The van der Waals surface area contributed by atoms with Crippen LogP contribution in [0.1, 0.15) is 51.4 Å². The van der Waals surface area contributed by atoms with Crippen LogP contribution in [0.25, 0.3) is 0 Å². The summed E-state index contributed by atoms with van der Waals surface area (Å²) in [5.74, 6) is -0.809. The number of benzene rings is 1. The van der Waals surface area contributed by atoms with Gasteiger partial charge in [0.25, 0.3) is 11.8 Å². The maximum Gasteiger partial charge on any atom is 0.413 e. The molecule has 0 bridgehead atoms. The monoisotopic (exact) mass is 464 g/mol. The highest BCUT2D eigenvalue weighted by molar-refractivity contribution is 7.91. The van der Waals surface area contributed by atoms with E-state index in [0.29, 0.717) is 17.3 Å². The van der Waals surface area contributed by atoms with E-state index in [1.807, 2.05) is 0 Å². The van der Waals surface area contributed by atoms with Crippen LogP contribution in [0.4, 0.5) is 9.80 Å². The van der Waals surface area contributed by atoms with E-state index in [1.54, 1.807) is 0 Å². The molecule has 0 aliphatic heterocycles. The summed E-state index contributed by atoms with van der Waals surface area (Å²) in [5, 5.41) is 5.23. The Balaban J connectivity index is 1.96. The van der Waals surface area contributed by atoms with Crippen molar-refractivity contribution < 1.29 is 27.5 Å². The van der Waals surface area contributed by atoms with Gasteiger partial charge in [-0.25, -0.2) is 13.2 Å². The third-order valence-electron chi connectivity index (χ3n) is 5.20. The number of carbonyl (C=O) groups excluding carboxylic acids is 3. The van der Waals surface area contributed by atoms with Gasteiger partial charge >= 0.3 is 6.09 Å². The number of thiophene rings is 1. The highest BCUT2D eigenvalue weighted by Gasteiger charge is 2.29. The van der Waals surface area contributed by atoms with Gasteiger partial charge in [0, 0.05) is 10.4 Å². The number of nitrogens with one attached hydrogen (secondary N) is 2. The van der Waals surface area contributed by atoms with Crippen molar-refractivity contribution in [2.24, 2.45) is 5.92 Å². The summed E-state index contributed by atoms with van der Waals surface area (Å²) in [6.07, 6.45) is 1.45. The molecule has 8 nitrogen and oxygen atoms in total. The Bertz CT molecular complexity index is 1140. The number of rotatable bonds is 5. The minimum Gasteiger partial charge on any atom is -0.453 e. The maximum atomic E-state index is 12.9. The van der Waals surface area contributed by atoms with Gasteiger partial charge in [0.2, 0.25) is 0 Å². The summed E-state index contributed by atoms with van der Waals surface area (Å²) >= 11 is 1.30. The van der Waals surface area contributed by atoms with Gasteiger partial charge in [0.15, 0.2) is 9.84 Å². The van der Waals surface area contributed by atoms with Crippen molar-refractivity contribution in [2.75, 3.05) is 18.2 Å². The number of alkyl carbamates (subject to hydrolysis) is 1. The fraction of sp³-hybridized carbons (Fsp3) is 0.381. The number of fused-ring (bicyclic) bond motifs is 1. The molecule has 166 valence electrons. The smallest absolute Gasteiger partial charge is 0.413 e. The van der Waals surface area contributed by atoms with Gasteiger partial charge in [-0.15, -0.1) is 11.3 Å². The van der Waals surface area contributed by atoms with Gasteiger partial charge in [-0.2, -0.15) is 0 Å². The fourth-order valence-corrected chi connectivity index (χ4v) is 5.79. The van der Waals surface area contributed by atoms with Crippen molar-refractivity contribution in [2.45, 2.75) is 38.0 Å². The predicted molar refractivity (Wildman–Crippen MR) is 118 cm³/mol. The molecule has 0 saturated heterocycles. The van der Waals surface area contributed by atoms with Crippen molar-refractivity contribution in [3.8, 4) is 0 Å². The SMILES string of the molecule is CCS(=O)(=O)c1cccc(C(=O)Nc2sc3c(c2C(=O)NC(=O)OC)CCC(C)C3)c1. The number of anilines is 1. The number of imide groups is 1. The van der Waals surface area contributed by atoms with Gasteiger partial charge in [0.1, 0.15) is 5.00 Å². The second-order valence-electron chi connectivity index (χ2n) is 7.39. The van der Waals surface area contributed by atoms with E-state index in [2.05, 4.69) is 22.3 Å². The zero-order valence-corrected chi connectivity index (χ0v) is 19.1. The van der Waals surface area contributed by atoms with Crippen LogP contribution in [0.15, 0.2) is 29.2 Å². The van der Waals surface area contributed by atoms with Gasteiger partial charge in [-0.05, 0) is 48.9 Å². The van der Waals surface area contributed by atoms with Gasteiger partial charge in [-0.1, -0.05) is 19.9 Å². The minimum absolute atomic E-state index is 0.0607. The Labute approximate surface area is 184 Å². The van der Waals surface area contributed by atoms with Crippen LogP contribution in [-0.2, 0) is 27.4 Å². The molecule has 0 radical (unpaired) electrons. The number of hydrogen-bond acceptors (Lipinski definition) is 7. The molecule has 3 rings (SSSR count). The zero-order chi connectivity index (χ0) is 22.8. The first-order valence-electron chi connectivity index (χ1n) is 9.84. The van der Waals surface area contributed by atoms with E-state index in [1.165, 1.54) is 42.5 Å². The number of ether oxygens (including phenoxy) is 1. The van der Waals surface area contributed by atoms with Crippen LogP contribution in [0.3, 0.4) is 0 Å². The predicted octanol–water partition coefficient (Wildman–Crippen LogP) is 3.42. The third-order valence-corrected chi connectivity index (χ3v) is 8.10.